The van der Waals surface area contributed by atoms with E-state index in [4.69, 9.17) is 5.73 Å². The average molecular weight is 255 g/mol. The fraction of sp³-hybridized carbons (Fsp3) is 0.462. The minimum absolute atomic E-state index is 0. The van der Waals surface area contributed by atoms with E-state index in [2.05, 4.69) is 0 Å². The summed E-state index contributed by atoms with van der Waals surface area (Å²) in [4.78, 5) is 14.1. The number of benzene rings is 1. The topological polar surface area (TPSA) is 46.3 Å². The Labute approximate surface area is 108 Å². The fourth-order valence-corrected chi connectivity index (χ4v) is 2.14. The van der Waals surface area contributed by atoms with Gasteiger partial charge < -0.3 is 10.6 Å². The summed E-state index contributed by atoms with van der Waals surface area (Å²) in [6, 6.07) is 7.31. The van der Waals surface area contributed by atoms with Gasteiger partial charge in [-0.25, -0.2) is 0 Å². The van der Waals surface area contributed by atoms with Gasteiger partial charge in [-0.2, -0.15) is 0 Å². The number of likely N-dealkylation sites (tertiary alicyclic amines) is 1. The van der Waals surface area contributed by atoms with Crippen LogP contribution in [-0.4, -0.2) is 23.9 Å². The van der Waals surface area contributed by atoms with E-state index in [1.807, 2.05) is 23.1 Å². The zero-order valence-electron chi connectivity index (χ0n) is 9.89. The Balaban J connectivity index is 0.00000144. The molecule has 0 unspecified atom stereocenters. The van der Waals surface area contributed by atoms with Gasteiger partial charge in [0.1, 0.15) is 0 Å². The van der Waals surface area contributed by atoms with Crippen molar-refractivity contribution in [2.45, 2.75) is 25.7 Å². The van der Waals surface area contributed by atoms with Crippen LogP contribution in [0.25, 0.3) is 0 Å². The molecule has 0 saturated carbocycles. The maximum atomic E-state index is 12.2. The van der Waals surface area contributed by atoms with Crippen molar-refractivity contribution in [2.24, 2.45) is 0 Å². The van der Waals surface area contributed by atoms with Crippen molar-refractivity contribution in [2.75, 3.05) is 18.8 Å². The van der Waals surface area contributed by atoms with E-state index >= 15 is 0 Å². The number of hydrogen-bond donors (Lipinski definition) is 1. The molecule has 0 bridgehead atoms. The number of nitrogens with two attached hydrogens (primary N) is 1. The zero-order valence-corrected chi connectivity index (χ0v) is 10.7. The van der Waals surface area contributed by atoms with Gasteiger partial charge in [0.2, 0.25) is 0 Å². The maximum Gasteiger partial charge on any atom is 0.255 e. The lowest BCUT2D eigenvalue weighted by molar-refractivity contribution is 0.0762. The molecule has 1 fully saturated rings. The number of halogens is 1. The molecule has 1 aliphatic heterocycles. The van der Waals surface area contributed by atoms with E-state index in [0.717, 1.165) is 25.9 Å². The largest absolute Gasteiger partial charge is 0.398 e. The molecule has 1 saturated heterocycles. The van der Waals surface area contributed by atoms with E-state index in [1.54, 1.807) is 6.07 Å². The molecule has 1 amide bonds. The predicted octanol–water partition coefficient (Wildman–Crippen LogP) is 2.71. The SMILES string of the molecule is Cl.Nc1ccccc1C(=O)N1CCCCCC1. The number of amides is 1. The molecule has 0 aromatic heterocycles. The van der Waals surface area contributed by atoms with Gasteiger partial charge in [0.05, 0.1) is 5.56 Å². The molecule has 1 heterocycles. The summed E-state index contributed by atoms with van der Waals surface area (Å²) in [5.41, 5.74) is 7.04. The van der Waals surface area contributed by atoms with E-state index in [0.29, 0.717) is 11.3 Å². The van der Waals surface area contributed by atoms with Crippen molar-refractivity contribution in [3.63, 3.8) is 0 Å². The van der Waals surface area contributed by atoms with Gasteiger partial charge in [-0.1, -0.05) is 25.0 Å². The molecular weight excluding hydrogens is 236 g/mol. The Morgan fingerprint density at radius 3 is 2.24 bits per heavy atom. The molecule has 2 N–H and O–H groups in total. The number of rotatable bonds is 1. The fourth-order valence-electron chi connectivity index (χ4n) is 2.14. The summed E-state index contributed by atoms with van der Waals surface area (Å²) in [5.74, 6) is 0.0833. The van der Waals surface area contributed by atoms with Crippen LogP contribution < -0.4 is 5.73 Å². The second-order valence-electron chi connectivity index (χ2n) is 4.29. The first-order valence-corrected chi connectivity index (χ1v) is 5.93. The van der Waals surface area contributed by atoms with Gasteiger partial charge in [-0.3, -0.25) is 4.79 Å². The smallest absolute Gasteiger partial charge is 0.255 e. The summed E-state index contributed by atoms with van der Waals surface area (Å²) in [6.07, 6.45) is 4.68. The lowest BCUT2D eigenvalue weighted by Crippen LogP contribution is -2.32. The number of nitrogen functional groups attached to an aromatic ring is 1. The molecule has 0 atom stereocenters. The van der Waals surface area contributed by atoms with Gasteiger partial charge in [0, 0.05) is 18.8 Å². The first-order valence-electron chi connectivity index (χ1n) is 5.93. The summed E-state index contributed by atoms with van der Waals surface area (Å²) in [6.45, 7) is 1.74. The number of para-hydroxylation sites is 1. The quantitative estimate of drug-likeness (QED) is 0.784. The first kappa shape index (κ1) is 13.8. The van der Waals surface area contributed by atoms with E-state index in [-0.39, 0.29) is 18.3 Å². The highest BCUT2D eigenvalue weighted by atomic mass is 35.5. The number of hydrogen-bond acceptors (Lipinski definition) is 2. The third-order valence-corrected chi connectivity index (χ3v) is 3.08. The third kappa shape index (κ3) is 3.37. The second-order valence-corrected chi connectivity index (χ2v) is 4.29. The van der Waals surface area contributed by atoms with Crippen LogP contribution in [-0.2, 0) is 0 Å². The molecule has 3 nitrogen and oxygen atoms in total. The Morgan fingerprint density at radius 2 is 1.65 bits per heavy atom. The molecule has 1 aromatic rings. The Hall–Kier alpha value is -1.22. The minimum atomic E-state index is 0. The van der Waals surface area contributed by atoms with Crippen molar-refractivity contribution in [1.82, 2.24) is 4.90 Å². The number of anilines is 1. The molecule has 2 rings (SSSR count). The van der Waals surface area contributed by atoms with Crippen LogP contribution in [0.15, 0.2) is 24.3 Å². The van der Waals surface area contributed by atoms with Crippen LogP contribution in [0.3, 0.4) is 0 Å². The van der Waals surface area contributed by atoms with Crippen LogP contribution in [0.4, 0.5) is 5.69 Å². The standard InChI is InChI=1S/C13H18N2O.ClH/c14-12-8-4-3-7-11(12)13(16)15-9-5-1-2-6-10-15;/h3-4,7-8H,1-2,5-6,9-10,14H2;1H. The summed E-state index contributed by atoms with van der Waals surface area (Å²) < 4.78 is 0. The van der Waals surface area contributed by atoms with E-state index in [1.165, 1.54) is 12.8 Å². The lowest BCUT2D eigenvalue weighted by atomic mass is 10.1. The molecule has 94 valence electrons. The minimum Gasteiger partial charge on any atom is -0.398 e. The molecule has 0 aliphatic carbocycles. The molecule has 0 radical (unpaired) electrons. The van der Waals surface area contributed by atoms with Gasteiger partial charge in [0.25, 0.3) is 5.91 Å². The Morgan fingerprint density at radius 1 is 1.06 bits per heavy atom. The average Bonchev–Trinajstić information content (AvgIpc) is 2.57. The van der Waals surface area contributed by atoms with E-state index < -0.39 is 0 Å². The van der Waals surface area contributed by atoms with Gasteiger partial charge in [0.15, 0.2) is 0 Å². The molecule has 1 aliphatic rings. The van der Waals surface area contributed by atoms with Crippen LogP contribution in [0.1, 0.15) is 36.0 Å². The highest BCUT2D eigenvalue weighted by Crippen LogP contribution is 2.17. The summed E-state index contributed by atoms with van der Waals surface area (Å²) >= 11 is 0. The maximum absolute atomic E-state index is 12.2. The van der Waals surface area contributed by atoms with Gasteiger partial charge in [-0.05, 0) is 25.0 Å². The third-order valence-electron chi connectivity index (χ3n) is 3.08. The Bertz CT molecular complexity index is 373. The van der Waals surface area contributed by atoms with E-state index in [9.17, 15) is 4.79 Å². The van der Waals surface area contributed by atoms with Crippen molar-refractivity contribution >= 4 is 24.0 Å². The number of nitrogens with zero attached hydrogens (tertiary/aromatic N) is 1. The van der Waals surface area contributed by atoms with Crippen LogP contribution in [0.2, 0.25) is 0 Å². The predicted molar refractivity (Wildman–Crippen MR) is 72.5 cm³/mol. The molecule has 17 heavy (non-hydrogen) atoms. The van der Waals surface area contributed by atoms with Crippen LogP contribution in [0, 0.1) is 0 Å². The van der Waals surface area contributed by atoms with Crippen LogP contribution in [0.5, 0.6) is 0 Å². The lowest BCUT2D eigenvalue weighted by Gasteiger charge is -2.20. The monoisotopic (exact) mass is 254 g/mol. The molecular formula is C13H19ClN2O. The van der Waals surface area contributed by atoms with Crippen molar-refractivity contribution in [3.8, 4) is 0 Å². The first-order chi connectivity index (χ1) is 7.79. The van der Waals surface area contributed by atoms with Crippen LogP contribution >= 0.6 is 12.4 Å². The van der Waals surface area contributed by atoms with Crippen molar-refractivity contribution in [3.05, 3.63) is 29.8 Å². The number of carbonyl (C=O) groups is 1. The summed E-state index contributed by atoms with van der Waals surface area (Å²) in [5, 5.41) is 0. The van der Waals surface area contributed by atoms with Crippen molar-refractivity contribution < 1.29 is 4.79 Å². The van der Waals surface area contributed by atoms with Gasteiger partial charge in [-0.15, -0.1) is 12.4 Å². The second kappa shape index (κ2) is 6.50. The molecule has 0 spiro atoms. The zero-order chi connectivity index (χ0) is 11.4. The number of carbonyl (C=O) groups excluding carboxylic acids is 1. The Kier molecular flexibility index (Phi) is 5.29. The normalized spacial score (nSPS) is 15.9. The van der Waals surface area contributed by atoms with Crippen molar-refractivity contribution in [1.29, 1.82) is 0 Å². The summed E-state index contributed by atoms with van der Waals surface area (Å²) in [7, 11) is 0. The highest BCUT2D eigenvalue weighted by molar-refractivity contribution is 5.99. The highest BCUT2D eigenvalue weighted by Gasteiger charge is 2.18. The molecule has 4 heteroatoms. The van der Waals surface area contributed by atoms with Gasteiger partial charge >= 0.3 is 0 Å². The molecule has 1 aromatic carbocycles.